The van der Waals surface area contributed by atoms with Crippen LogP contribution in [0.2, 0.25) is 5.02 Å². The summed E-state index contributed by atoms with van der Waals surface area (Å²) < 4.78 is 11.1. The van der Waals surface area contributed by atoms with Crippen LogP contribution in [0.15, 0.2) is 28.9 Å². The highest BCUT2D eigenvalue weighted by atomic mass is 79.9. The third-order valence-corrected chi connectivity index (χ3v) is 2.84. The van der Waals surface area contributed by atoms with Crippen LogP contribution in [-0.2, 0) is 0 Å². The fourth-order valence-corrected chi connectivity index (χ4v) is 1.77. The maximum atomic E-state index is 5.80. The third kappa shape index (κ3) is 2.83. The minimum absolute atomic E-state index is 0.143. The first-order chi connectivity index (χ1) is 8.60. The Morgan fingerprint density at radius 1 is 1.39 bits per heavy atom. The first-order valence-corrected chi connectivity index (χ1v) is 6.06. The molecular formula is C11H9BrClN3O2. The molecule has 1 aromatic carbocycles. The summed E-state index contributed by atoms with van der Waals surface area (Å²) in [6, 6.07) is 5.05. The first kappa shape index (κ1) is 12.9. The Hall–Kier alpha value is -1.53. The molecule has 5 nitrogen and oxygen atoms in total. The number of nitrogens with zero attached hydrogens (tertiary/aromatic N) is 2. The molecule has 2 rings (SSSR count). The molecular weight excluding hydrogens is 321 g/mol. The zero-order chi connectivity index (χ0) is 13.1. The van der Waals surface area contributed by atoms with Gasteiger partial charge >= 0.3 is 6.01 Å². The zero-order valence-electron chi connectivity index (χ0n) is 9.35. The number of anilines is 1. The maximum Gasteiger partial charge on any atom is 0.325 e. The Morgan fingerprint density at radius 3 is 2.83 bits per heavy atom. The van der Waals surface area contributed by atoms with Gasteiger partial charge in [0.25, 0.3) is 0 Å². The lowest BCUT2D eigenvalue weighted by atomic mass is 10.3. The molecule has 0 spiro atoms. The lowest BCUT2D eigenvalue weighted by molar-refractivity contribution is 0.374. The number of benzene rings is 1. The normalized spacial score (nSPS) is 10.2. The molecule has 0 saturated carbocycles. The van der Waals surface area contributed by atoms with Crippen LogP contribution in [-0.4, -0.2) is 17.1 Å². The minimum atomic E-state index is 0.143. The summed E-state index contributed by atoms with van der Waals surface area (Å²) in [7, 11) is 1.51. The van der Waals surface area contributed by atoms with E-state index in [1.165, 1.54) is 13.3 Å². The van der Waals surface area contributed by atoms with Crippen LogP contribution < -0.4 is 15.2 Å². The Labute approximate surface area is 117 Å². The van der Waals surface area contributed by atoms with E-state index in [2.05, 4.69) is 25.9 Å². The van der Waals surface area contributed by atoms with Gasteiger partial charge in [-0.05, 0) is 34.1 Å². The highest BCUT2D eigenvalue weighted by molar-refractivity contribution is 9.10. The van der Waals surface area contributed by atoms with Crippen molar-refractivity contribution in [2.24, 2.45) is 0 Å². The number of rotatable bonds is 3. The smallest absolute Gasteiger partial charge is 0.325 e. The molecule has 0 radical (unpaired) electrons. The predicted octanol–water partition coefficient (Wildman–Crippen LogP) is 3.28. The second-order valence-corrected chi connectivity index (χ2v) is 4.58. The quantitative estimate of drug-likeness (QED) is 0.875. The van der Waals surface area contributed by atoms with Crippen LogP contribution in [0.25, 0.3) is 0 Å². The SMILES string of the molecule is COc1nc(Oc2ccc(Cl)cc2N)ncc1Br. The minimum Gasteiger partial charge on any atom is -0.480 e. The van der Waals surface area contributed by atoms with Gasteiger partial charge < -0.3 is 15.2 Å². The van der Waals surface area contributed by atoms with Gasteiger partial charge in [0, 0.05) is 5.02 Å². The molecule has 18 heavy (non-hydrogen) atoms. The molecule has 0 atom stereocenters. The molecule has 0 amide bonds. The molecule has 0 aliphatic rings. The Balaban J connectivity index is 2.28. The highest BCUT2D eigenvalue weighted by Gasteiger charge is 2.09. The van der Waals surface area contributed by atoms with E-state index in [9.17, 15) is 0 Å². The topological polar surface area (TPSA) is 70.3 Å². The lowest BCUT2D eigenvalue weighted by Gasteiger charge is -2.08. The van der Waals surface area contributed by atoms with E-state index in [1.807, 2.05) is 0 Å². The number of halogens is 2. The molecule has 94 valence electrons. The number of hydrogen-bond donors (Lipinski definition) is 1. The van der Waals surface area contributed by atoms with E-state index in [-0.39, 0.29) is 6.01 Å². The van der Waals surface area contributed by atoms with E-state index >= 15 is 0 Å². The second-order valence-electron chi connectivity index (χ2n) is 3.29. The van der Waals surface area contributed by atoms with Crippen LogP contribution >= 0.6 is 27.5 Å². The van der Waals surface area contributed by atoms with Gasteiger partial charge in [-0.2, -0.15) is 4.98 Å². The summed E-state index contributed by atoms with van der Waals surface area (Å²) in [5, 5.41) is 0.536. The summed E-state index contributed by atoms with van der Waals surface area (Å²) >= 11 is 9.05. The Bertz CT molecular complexity index is 580. The molecule has 2 aromatic rings. The van der Waals surface area contributed by atoms with Crippen LogP contribution in [0.3, 0.4) is 0 Å². The first-order valence-electron chi connectivity index (χ1n) is 4.89. The molecule has 0 aliphatic heterocycles. The van der Waals surface area contributed by atoms with E-state index < -0.39 is 0 Å². The lowest BCUT2D eigenvalue weighted by Crippen LogP contribution is -1.98. The average Bonchev–Trinajstić information content (AvgIpc) is 2.35. The van der Waals surface area contributed by atoms with Crippen LogP contribution in [0.4, 0.5) is 5.69 Å². The van der Waals surface area contributed by atoms with E-state index in [0.717, 1.165) is 0 Å². The highest BCUT2D eigenvalue weighted by Crippen LogP contribution is 2.30. The zero-order valence-corrected chi connectivity index (χ0v) is 11.7. The van der Waals surface area contributed by atoms with Crippen molar-refractivity contribution in [3.8, 4) is 17.6 Å². The van der Waals surface area contributed by atoms with Gasteiger partial charge in [0.05, 0.1) is 23.5 Å². The fraction of sp³-hybridized carbons (Fsp3) is 0.0909. The van der Waals surface area contributed by atoms with Gasteiger partial charge in [0.2, 0.25) is 5.88 Å². The fourth-order valence-electron chi connectivity index (χ4n) is 1.24. The van der Waals surface area contributed by atoms with Crippen molar-refractivity contribution >= 4 is 33.2 Å². The van der Waals surface area contributed by atoms with Crippen molar-refractivity contribution in [3.05, 3.63) is 33.9 Å². The monoisotopic (exact) mass is 329 g/mol. The second kappa shape index (κ2) is 5.41. The van der Waals surface area contributed by atoms with E-state index in [1.54, 1.807) is 18.2 Å². The van der Waals surface area contributed by atoms with Gasteiger partial charge in [-0.3, -0.25) is 0 Å². The number of nitrogen functional groups attached to an aromatic ring is 1. The largest absolute Gasteiger partial charge is 0.480 e. The summed E-state index contributed by atoms with van der Waals surface area (Å²) in [6.07, 6.45) is 1.53. The van der Waals surface area contributed by atoms with Crippen LogP contribution in [0, 0.1) is 0 Å². The van der Waals surface area contributed by atoms with Gasteiger partial charge in [-0.1, -0.05) is 11.6 Å². The summed E-state index contributed by atoms with van der Waals surface area (Å²) in [4.78, 5) is 8.06. The number of aromatic nitrogens is 2. The molecule has 7 heteroatoms. The molecule has 0 unspecified atom stereocenters. The van der Waals surface area contributed by atoms with Gasteiger partial charge in [0.15, 0.2) is 5.75 Å². The van der Waals surface area contributed by atoms with Crippen molar-refractivity contribution in [2.45, 2.75) is 0 Å². The van der Waals surface area contributed by atoms with E-state index in [4.69, 9.17) is 26.8 Å². The molecule has 0 fully saturated rings. The van der Waals surface area contributed by atoms with Crippen molar-refractivity contribution in [1.29, 1.82) is 0 Å². The van der Waals surface area contributed by atoms with Crippen molar-refractivity contribution in [1.82, 2.24) is 9.97 Å². The third-order valence-electron chi connectivity index (χ3n) is 2.06. The Morgan fingerprint density at radius 2 is 2.17 bits per heavy atom. The van der Waals surface area contributed by atoms with Gasteiger partial charge in [-0.25, -0.2) is 4.98 Å². The van der Waals surface area contributed by atoms with Gasteiger partial charge in [0.1, 0.15) is 0 Å². The summed E-state index contributed by atoms with van der Waals surface area (Å²) in [5.41, 5.74) is 6.17. The van der Waals surface area contributed by atoms with Crippen molar-refractivity contribution in [2.75, 3.05) is 12.8 Å². The standard InChI is InChI=1S/C11H9BrClN3O2/c1-17-10-7(12)5-15-11(16-10)18-9-3-2-6(13)4-8(9)14/h2-5H,14H2,1H3. The maximum absolute atomic E-state index is 5.80. The molecule has 1 aromatic heterocycles. The Kier molecular flexibility index (Phi) is 3.88. The van der Waals surface area contributed by atoms with Crippen LogP contribution in [0.5, 0.6) is 17.6 Å². The number of ether oxygens (including phenoxy) is 2. The molecule has 1 heterocycles. The molecule has 0 bridgehead atoms. The number of nitrogens with two attached hydrogens (primary N) is 1. The van der Waals surface area contributed by atoms with Gasteiger partial charge in [-0.15, -0.1) is 0 Å². The predicted molar refractivity (Wildman–Crippen MR) is 72.2 cm³/mol. The van der Waals surface area contributed by atoms with Crippen molar-refractivity contribution < 1.29 is 9.47 Å². The molecule has 0 aliphatic carbocycles. The average molecular weight is 331 g/mol. The molecule has 2 N–H and O–H groups in total. The number of hydrogen-bond acceptors (Lipinski definition) is 5. The number of methoxy groups -OCH3 is 1. The summed E-state index contributed by atoms with van der Waals surface area (Å²) in [6.45, 7) is 0. The molecule has 0 saturated heterocycles. The summed E-state index contributed by atoms with van der Waals surface area (Å²) in [5.74, 6) is 0.816. The van der Waals surface area contributed by atoms with E-state index in [0.29, 0.717) is 26.8 Å². The van der Waals surface area contributed by atoms with Crippen molar-refractivity contribution in [3.63, 3.8) is 0 Å². The van der Waals surface area contributed by atoms with Crippen LogP contribution in [0.1, 0.15) is 0 Å².